The topological polar surface area (TPSA) is 58.3 Å². The quantitative estimate of drug-likeness (QED) is 0.676. The zero-order valence-electron chi connectivity index (χ0n) is 13.1. The predicted octanol–water partition coefficient (Wildman–Crippen LogP) is 3.85. The van der Waals surface area contributed by atoms with E-state index in [1.165, 1.54) is 0 Å². The van der Waals surface area contributed by atoms with Crippen LogP contribution in [0.4, 0.5) is 0 Å². The van der Waals surface area contributed by atoms with Crippen LogP contribution < -0.4 is 0 Å². The maximum atomic E-state index is 10.6. The maximum Gasteiger partial charge on any atom is 0.104 e. The van der Waals surface area contributed by atoms with E-state index >= 15 is 0 Å². The van der Waals surface area contributed by atoms with Crippen molar-refractivity contribution < 1.29 is 10.2 Å². The van der Waals surface area contributed by atoms with Crippen molar-refractivity contribution in [3.05, 3.63) is 88.4 Å². The van der Waals surface area contributed by atoms with Gasteiger partial charge in [-0.3, -0.25) is 0 Å². The summed E-state index contributed by atoms with van der Waals surface area (Å²) in [6.07, 6.45) is 4.64. The molecule has 1 aromatic heterocycles. The molecule has 24 heavy (non-hydrogen) atoms. The minimum atomic E-state index is -0.709. The van der Waals surface area contributed by atoms with Crippen molar-refractivity contribution in [2.45, 2.75) is 25.2 Å². The van der Waals surface area contributed by atoms with E-state index in [-0.39, 0.29) is 0 Å². The highest BCUT2D eigenvalue weighted by molar-refractivity contribution is 9.10. The number of rotatable bonds is 6. The average Bonchev–Trinajstić information content (AvgIpc) is 3.13. The second-order valence-electron chi connectivity index (χ2n) is 5.73. The van der Waals surface area contributed by atoms with Crippen molar-refractivity contribution >= 4 is 15.9 Å². The zero-order valence-corrected chi connectivity index (χ0v) is 14.7. The van der Waals surface area contributed by atoms with Crippen LogP contribution in [0.25, 0.3) is 0 Å². The van der Waals surface area contributed by atoms with E-state index in [0.29, 0.717) is 13.0 Å². The van der Waals surface area contributed by atoms with E-state index in [9.17, 15) is 10.2 Å². The Hall–Kier alpha value is -1.95. The number of imidazole rings is 1. The van der Waals surface area contributed by atoms with Crippen molar-refractivity contribution in [1.82, 2.24) is 9.55 Å². The molecule has 5 heteroatoms. The fourth-order valence-corrected chi connectivity index (χ4v) is 2.90. The predicted molar refractivity (Wildman–Crippen MR) is 96.4 cm³/mol. The van der Waals surface area contributed by atoms with Crippen molar-refractivity contribution in [1.29, 1.82) is 0 Å². The van der Waals surface area contributed by atoms with E-state index in [1.807, 2.05) is 59.3 Å². The molecular weight excluding hydrogens is 368 g/mol. The molecule has 2 N–H and O–H groups in total. The highest BCUT2D eigenvalue weighted by atomic mass is 79.9. The zero-order chi connectivity index (χ0) is 16.9. The molecule has 3 aromatic rings. The summed E-state index contributed by atoms with van der Waals surface area (Å²) in [5.41, 5.74) is 2.41. The molecule has 2 atom stereocenters. The van der Waals surface area contributed by atoms with Crippen LogP contribution in [0.2, 0.25) is 0 Å². The van der Waals surface area contributed by atoms with Gasteiger partial charge in [-0.25, -0.2) is 4.98 Å². The number of aryl methyl sites for hydroxylation is 1. The van der Waals surface area contributed by atoms with Crippen LogP contribution in [0.15, 0.2) is 71.7 Å². The Morgan fingerprint density at radius 3 is 2.46 bits per heavy atom. The summed E-state index contributed by atoms with van der Waals surface area (Å²) in [6, 6.07) is 15.1. The number of aliphatic hydroxyl groups is 2. The Morgan fingerprint density at radius 2 is 1.75 bits per heavy atom. The molecule has 0 aliphatic rings. The minimum absolute atomic E-state index is 0.579. The maximum absolute atomic E-state index is 10.6. The first-order valence-electron chi connectivity index (χ1n) is 7.80. The summed E-state index contributed by atoms with van der Waals surface area (Å²) < 4.78 is 2.91. The van der Waals surface area contributed by atoms with Gasteiger partial charge in [-0.1, -0.05) is 52.3 Å². The van der Waals surface area contributed by atoms with Gasteiger partial charge in [-0.05, 0) is 35.2 Å². The largest absolute Gasteiger partial charge is 0.388 e. The molecule has 0 saturated carbocycles. The monoisotopic (exact) mass is 386 g/mol. The lowest BCUT2D eigenvalue weighted by molar-refractivity contribution is 0.160. The van der Waals surface area contributed by atoms with Gasteiger partial charge in [0.1, 0.15) is 6.10 Å². The fourth-order valence-electron chi connectivity index (χ4n) is 2.63. The summed E-state index contributed by atoms with van der Waals surface area (Å²) in [5.74, 6) is 0. The molecule has 0 aliphatic heterocycles. The Labute approximate surface area is 149 Å². The third kappa shape index (κ3) is 4.12. The highest BCUT2D eigenvalue weighted by Crippen LogP contribution is 2.26. The Bertz CT molecular complexity index is 772. The summed E-state index contributed by atoms with van der Waals surface area (Å²) in [6.45, 7) is 0.695. The number of hydrogen-bond acceptors (Lipinski definition) is 3. The summed E-state index contributed by atoms with van der Waals surface area (Å²) in [4.78, 5) is 3.99. The highest BCUT2D eigenvalue weighted by Gasteiger charge is 2.14. The number of nitrogens with zero attached hydrogens (tertiary/aromatic N) is 2. The van der Waals surface area contributed by atoms with Gasteiger partial charge in [0.2, 0.25) is 0 Å². The molecule has 2 unspecified atom stereocenters. The molecule has 4 nitrogen and oxygen atoms in total. The normalized spacial score (nSPS) is 13.6. The summed E-state index contributed by atoms with van der Waals surface area (Å²) in [5, 5.41) is 21.0. The Morgan fingerprint density at radius 1 is 1.00 bits per heavy atom. The van der Waals surface area contributed by atoms with E-state index < -0.39 is 12.2 Å². The second-order valence-corrected chi connectivity index (χ2v) is 6.64. The van der Waals surface area contributed by atoms with Crippen LogP contribution in [0.3, 0.4) is 0 Å². The average molecular weight is 387 g/mol. The number of benzene rings is 2. The van der Waals surface area contributed by atoms with Gasteiger partial charge in [0.25, 0.3) is 0 Å². The summed E-state index contributed by atoms with van der Waals surface area (Å²) in [7, 11) is 0. The molecule has 0 spiro atoms. The van der Waals surface area contributed by atoms with Crippen LogP contribution in [0.1, 0.15) is 35.3 Å². The fraction of sp³-hybridized carbons (Fsp3) is 0.211. The molecule has 0 radical (unpaired) electrons. The number of aliphatic hydroxyl groups excluding tert-OH is 2. The standard InChI is InChI=1S/C19H19BrN2O2/c20-17-6-4-14(5-7-17)19(24)16-3-1-2-15(12-16)18(23)8-10-22-11-9-21-13-22/h1-7,9,11-13,18-19,23-24H,8,10H2. The molecule has 0 fully saturated rings. The smallest absolute Gasteiger partial charge is 0.104 e. The molecule has 0 saturated heterocycles. The Balaban J connectivity index is 1.72. The van der Waals surface area contributed by atoms with Crippen LogP contribution in [0.5, 0.6) is 0 Å². The van der Waals surface area contributed by atoms with Crippen LogP contribution in [-0.4, -0.2) is 19.8 Å². The minimum Gasteiger partial charge on any atom is -0.388 e. The van der Waals surface area contributed by atoms with E-state index in [2.05, 4.69) is 20.9 Å². The van der Waals surface area contributed by atoms with E-state index in [0.717, 1.165) is 21.2 Å². The van der Waals surface area contributed by atoms with Gasteiger partial charge in [0.05, 0.1) is 12.4 Å². The first-order chi connectivity index (χ1) is 11.6. The van der Waals surface area contributed by atoms with Crippen LogP contribution in [-0.2, 0) is 6.54 Å². The summed E-state index contributed by atoms with van der Waals surface area (Å²) >= 11 is 3.39. The first-order valence-corrected chi connectivity index (χ1v) is 8.60. The lowest BCUT2D eigenvalue weighted by atomic mass is 9.97. The molecular formula is C19H19BrN2O2. The SMILES string of the molecule is OC(CCn1ccnc1)c1cccc(C(O)c2ccc(Br)cc2)c1. The van der Waals surface area contributed by atoms with Crippen molar-refractivity contribution in [2.24, 2.45) is 0 Å². The van der Waals surface area contributed by atoms with Gasteiger partial charge in [-0.15, -0.1) is 0 Å². The number of hydrogen-bond donors (Lipinski definition) is 2. The Kier molecular flexibility index (Phi) is 5.45. The molecule has 0 amide bonds. The van der Waals surface area contributed by atoms with E-state index in [4.69, 9.17) is 0 Å². The third-order valence-electron chi connectivity index (χ3n) is 4.02. The van der Waals surface area contributed by atoms with Gasteiger partial charge in [0.15, 0.2) is 0 Å². The van der Waals surface area contributed by atoms with Gasteiger partial charge in [0, 0.05) is 23.4 Å². The molecule has 124 valence electrons. The molecule has 1 heterocycles. The number of aromatic nitrogens is 2. The van der Waals surface area contributed by atoms with Crippen molar-refractivity contribution in [3.63, 3.8) is 0 Å². The van der Waals surface area contributed by atoms with Gasteiger partial charge < -0.3 is 14.8 Å². The van der Waals surface area contributed by atoms with Crippen LogP contribution in [0, 0.1) is 0 Å². The molecule has 2 aromatic carbocycles. The third-order valence-corrected chi connectivity index (χ3v) is 4.55. The lowest BCUT2D eigenvalue weighted by Gasteiger charge is -2.16. The molecule has 0 bridgehead atoms. The van der Waals surface area contributed by atoms with Gasteiger partial charge in [-0.2, -0.15) is 0 Å². The van der Waals surface area contributed by atoms with E-state index in [1.54, 1.807) is 12.5 Å². The van der Waals surface area contributed by atoms with Crippen molar-refractivity contribution in [3.8, 4) is 0 Å². The lowest BCUT2D eigenvalue weighted by Crippen LogP contribution is -2.05. The second kappa shape index (κ2) is 7.75. The molecule has 3 rings (SSSR count). The molecule has 0 aliphatic carbocycles. The van der Waals surface area contributed by atoms with Gasteiger partial charge >= 0.3 is 0 Å². The van der Waals surface area contributed by atoms with Crippen LogP contribution >= 0.6 is 15.9 Å². The first kappa shape index (κ1) is 16.9. The number of halogens is 1. The van der Waals surface area contributed by atoms with Crippen molar-refractivity contribution in [2.75, 3.05) is 0 Å².